The quantitative estimate of drug-likeness (QED) is 0.703. The summed E-state index contributed by atoms with van der Waals surface area (Å²) in [7, 11) is 1.68. The molecule has 7 rings (SSSR count). The number of nitrogens with zero attached hydrogens (tertiary/aromatic N) is 6. The number of rotatable bonds is 4. The van der Waals surface area contributed by atoms with E-state index in [9.17, 15) is 9.59 Å². The molecule has 2 aliphatic carbocycles. The molecule has 2 fully saturated rings. The van der Waals surface area contributed by atoms with Gasteiger partial charge in [-0.15, -0.1) is 5.10 Å². The van der Waals surface area contributed by atoms with Crippen LogP contribution >= 0.6 is 0 Å². The van der Waals surface area contributed by atoms with E-state index >= 15 is 0 Å². The average molecular weight is 387 g/mol. The van der Waals surface area contributed by atoms with Gasteiger partial charge in [0.25, 0.3) is 11.8 Å². The summed E-state index contributed by atoms with van der Waals surface area (Å²) in [6.07, 6.45) is 4.83. The number of hydrogen-bond donors (Lipinski definition) is 1. The zero-order chi connectivity index (χ0) is 19.8. The zero-order valence-electron chi connectivity index (χ0n) is 15.6. The Labute approximate surface area is 165 Å². The van der Waals surface area contributed by atoms with Crippen LogP contribution in [0.5, 0.6) is 0 Å². The first-order valence-electron chi connectivity index (χ1n) is 9.47. The van der Waals surface area contributed by atoms with Gasteiger partial charge in [0.1, 0.15) is 5.54 Å². The number of benzene rings is 1. The minimum Gasteiger partial charge on any atom is -0.336 e. The van der Waals surface area contributed by atoms with Crippen molar-refractivity contribution in [1.82, 2.24) is 30.3 Å². The van der Waals surface area contributed by atoms with E-state index in [1.165, 1.54) is 4.90 Å². The number of amides is 2. The molecule has 9 nitrogen and oxygen atoms in total. The number of carbonyl (C=O) groups excluding carboxylic acids is 2. The lowest BCUT2D eigenvalue weighted by molar-refractivity contribution is -0.122. The molecule has 3 aromatic rings. The van der Waals surface area contributed by atoms with Crippen molar-refractivity contribution in [1.29, 1.82) is 0 Å². The van der Waals surface area contributed by atoms with Gasteiger partial charge in [-0.3, -0.25) is 19.5 Å². The normalized spacial score (nSPS) is 28.2. The topological polar surface area (TPSA) is 106 Å². The Morgan fingerprint density at radius 3 is 2.72 bits per heavy atom. The predicted molar refractivity (Wildman–Crippen MR) is 101 cm³/mol. The van der Waals surface area contributed by atoms with Gasteiger partial charge in [0, 0.05) is 37.2 Å². The van der Waals surface area contributed by atoms with E-state index in [2.05, 4.69) is 25.6 Å². The van der Waals surface area contributed by atoms with E-state index in [-0.39, 0.29) is 35.3 Å². The molecular weight excluding hydrogens is 370 g/mol. The van der Waals surface area contributed by atoms with E-state index < -0.39 is 5.54 Å². The molecule has 2 bridgehead atoms. The standard InChI is InChI=1S/C20H17N7O2/c1-26-17-16(21-7-8-22-17)13-14-15(13)20(14,19(26)29)23-18(28)12-10-27(25-24-12)9-11-5-3-2-4-6-11/h2-8,10,13-15H,9H2,1H3,(H,23,28)/t13-,14+,15?,20+/m0/s1. The summed E-state index contributed by atoms with van der Waals surface area (Å²) in [5.74, 6) is 0.397. The van der Waals surface area contributed by atoms with Crippen LogP contribution in [0.4, 0.5) is 5.82 Å². The molecule has 2 amide bonds. The molecular formula is C20H17N7O2. The van der Waals surface area contributed by atoms with E-state index in [1.807, 2.05) is 30.3 Å². The highest BCUT2D eigenvalue weighted by Gasteiger charge is 2.90. The monoisotopic (exact) mass is 387 g/mol. The highest BCUT2D eigenvalue weighted by Crippen LogP contribution is 2.81. The number of aromatic nitrogens is 5. The van der Waals surface area contributed by atoms with Gasteiger partial charge in [0.05, 0.1) is 18.4 Å². The molecule has 0 radical (unpaired) electrons. The Bertz CT molecular complexity index is 1150. The second-order valence-corrected chi connectivity index (χ2v) is 7.82. The van der Waals surface area contributed by atoms with E-state index in [0.29, 0.717) is 12.4 Å². The Hall–Kier alpha value is -3.62. The van der Waals surface area contributed by atoms with Crippen LogP contribution in [0.3, 0.4) is 0 Å². The van der Waals surface area contributed by atoms with Crippen molar-refractivity contribution in [2.45, 2.75) is 18.0 Å². The third kappa shape index (κ3) is 2.15. The molecule has 29 heavy (non-hydrogen) atoms. The molecule has 9 heteroatoms. The summed E-state index contributed by atoms with van der Waals surface area (Å²) in [5, 5.41) is 11.0. The van der Waals surface area contributed by atoms with Crippen molar-refractivity contribution >= 4 is 17.6 Å². The van der Waals surface area contributed by atoms with E-state index in [4.69, 9.17) is 0 Å². The highest BCUT2D eigenvalue weighted by molar-refractivity contribution is 6.10. The maximum atomic E-state index is 13.1. The fourth-order valence-corrected chi connectivity index (χ4v) is 4.76. The fourth-order valence-electron chi connectivity index (χ4n) is 4.76. The summed E-state index contributed by atoms with van der Waals surface area (Å²) in [4.78, 5) is 36.2. The summed E-state index contributed by atoms with van der Waals surface area (Å²) >= 11 is 0. The van der Waals surface area contributed by atoms with Gasteiger partial charge in [0.15, 0.2) is 11.5 Å². The highest BCUT2D eigenvalue weighted by atomic mass is 16.2. The van der Waals surface area contributed by atoms with Crippen LogP contribution in [0.15, 0.2) is 48.9 Å². The van der Waals surface area contributed by atoms with Gasteiger partial charge in [-0.25, -0.2) is 9.67 Å². The van der Waals surface area contributed by atoms with Crippen molar-refractivity contribution in [2.75, 3.05) is 11.9 Å². The maximum absolute atomic E-state index is 13.1. The number of carbonyl (C=O) groups is 2. The molecule has 2 saturated carbocycles. The van der Waals surface area contributed by atoms with Crippen LogP contribution in [0.2, 0.25) is 0 Å². The van der Waals surface area contributed by atoms with Crippen molar-refractivity contribution in [2.24, 2.45) is 11.8 Å². The maximum Gasteiger partial charge on any atom is 0.274 e. The van der Waals surface area contributed by atoms with E-state index in [1.54, 1.807) is 30.3 Å². The molecule has 1 unspecified atom stereocenters. The van der Waals surface area contributed by atoms with Gasteiger partial charge in [-0.1, -0.05) is 35.5 Å². The third-order valence-corrected chi connectivity index (χ3v) is 6.24. The number of hydrogen-bond acceptors (Lipinski definition) is 6. The van der Waals surface area contributed by atoms with Gasteiger partial charge in [-0.2, -0.15) is 0 Å². The fraction of sp³-hybridized carbons (Fsp3) is 0.300. The van der Waals surface area contributed by atoms with Crippen molar-refractivity contribution < 1.29 is 9.59 Å². The third-order valence-electron chi connectivity index (χ3n) is 6.24. The number of fused-ring (bicyclic) bond motifs is 1. The summed E-state index contributed by atoms with van der Waals surface area (Å²) in [5.41, 5.74) is 1.23. The Kier molecular flexibility index (Phi) is 3.08. The van der Waals surface area contributed by atoms with Crippen LogP contribution in [0.25, 0.3) is 0 Å². The molecule has 0 saturated heterocycles. The minimum absolute atomic E-state index is 0.0821. The zero-order valence-corrected chi connectivity index (χ0v) is 15.6. The largest absolute Gasteiger partial charge is 0.336 e. The summed E-state index contributed by atoms with van der Waals surface area (Å²) in [6, 6.07) is 9.81. The van der Waals surface area contributed by atoms with E-state index in [0.717, 1.165) is 11.3 Å². The molecule has 4 atom stereocenters. The Balaban J connectivity index is 1.22. The molecule has 1 N–H and O–H groups in total. The predicted octanol–water partition coefficient (Wildman–Crippen LogP) is 0.605. The lowest BCUT2D eigenvalue weighted by Crippen LogP contribution is -2.54. The number of anilines is 1. The Morgan fingerprint density at radius 2 is 1.93 bits per heavy atom. The number of nitrogens with one attached hydrogen (secondary N) is 1. The second-order valence-electron chi connectivity index (χ2n) is 7.82. The minimum atomic E-state index is -0.873. The molecule has 1 aromatic carbocycles. The molecule has 0 spiro atoms. The number of likely N-dealkylation sites (N-methyl/N-ethyl adjacent to an activating group) is 1. The van der Waals surface area contributed by atoms with Crippen LogP contribution in [-0.4, -0.2) is 49.4 Å². The summed E-state index contributed by atoms with van der Waals surface area (Å²) < 4.78 is 1.61. The molecule has 2 aliphatic heterocycles. The van der Waals surface area contributed by atoms with Crippen molar-refractivity contribution in [3.05, 3.63) is 65.9 Å². The second kappa shape index (κ2) is 5.47. The lowest BCUT2D eigenvalue weighted by Gasteiger charge is -2.25. The van der Waals surface area contributed by atoms with Crippen molar-refractivity contribution in [3.8, 4) is 0 Å². The van der Waals surface area contributed by atoms with Crippen LogP contribution < -0.4 is 10.2 Å². The molecule has 144 valence electrons. The molecule has 4 aliphatic rings. The SMILES string of the molecule is CN1C(=O)[C@]2(NC(=O)c3cn(Cc4ccccc4)nn3)C3[C@@H](c4nccnc41)[C@H]32. The molecule has 4 heterocycles. The van der Waals surface area contributed by atoms with Crippen LogP contribution in [-0.2, 0) is 11.3 Å². The smallest absolute Gasteiger partial charge is 0.274 e. The van der Waals surface area contributed by atoms with Crippen LogP contribution in [0.1, 0.15) is 27.7 Å². The van der Waals surface area contributed by atoms with Gasteiger partial charge in [-0.05, 0) is 5.56 Å². The lowest BCUT2D eigenvalue weighted by atomic mass is 9.95. The van der Waals surface area contributed by atoms with Gasteiger partial charge in [0.2, 0.25) is 0 Å². The Morgan fingerprint density at radius 1 is 1.17 bits per heavy atom. The first-order valence-corrected chi connectivity index (χ1v) is 9.47. The molecule has 2 aromatic heterocycles. The van der Waals surface area contributed by atoms with Crippen LogP contribution in [0, 0.1) is 11.8 Å². The van der Waals surface area contributed by atoms with Gasteiger partial charge >= 0.3 is 0 Å². The first-order chi connectivity index (χ1) is 14.1. The first kappa shape index (κ1) is 16.3. The summed E-state index contributed by atoms with van der Waals surface area (Å²) in [6.45, 7) is 0.522. The average Bonchev–Trinajstić information content (AvgIpc) is 3.60. The van der Waals surface area contributed by atoms with Crippen molar-refractivity contribution in [3.63, 3.8) is 0 Å². The van der Waals surface area contributed by atoms with Gasteiger partial charge < -0.3 is 5.32 Å².